The fraction of sp³-hybridized carbons (Fsp3) is 0.935. The summed E-state index contributed by atoms with van der Waals surface area (Å²) in [5.41, 5.74) is 0. The molecule has 0 spiro atoms. The van der Waals surface area contributed by atoms with Gasteiger partial charge < -0.3 is 83.1 Å². The van der Waals surface area contributed by atoms with E-state index in [1.807, 2.05) is 0 Å². The van der Waals surface area contributed by atoms with Crippen LogP contribution in [0.1, 0.15) is 0 Å². The number of ether oxygens (including phenoxy) is 10. The monoisotopic (exact) mass is 1590 g/mol. The number of carboxylic acid groups (broad SMARTS) is 2. The Morgan fingerprint density at radius 2 is 0.653 bits per heavy atom. The van der Waals surface area contributed by atoms with Gasteiger partial charge in [-0.2, -0.15) is 89.9 Å². The normalized spacial score (nSPS) is 37.7. The van der Waals surface area contributed by atoms with Crippen molar-refractivity contribution in [2.75, 3.05) is 26.9 Å². The number of methoxy groups -OCH3 is 1. The van der Waals surface area contributed by atoms with Crippen LogP contribution in [0.25, 0.3) is 0 Å². The van der Waals surface area contributed by atoms with Gasteiger partial charge in [0.2, 0.25) is 0 Å². The second kappa shape index (κ2) is 31.2. The van der Waals surface area contributed by atoms with Crippen LogP contribution in [-0.2, 0) is 175 Å². The maximum absolute atomic E-state index is 13.1. The van der Waals surface area contributed by atoms with Gasteiger partial charge in [0, 0.05) is 7.11 Å². The molecule has 64 heteroatoms. The number of aliphatic hydroxyl groups excluding tert-OH is 5. The number of aliphatic hydroxyl groups is 5. The molecular weight excluding hydrogens is 1530 g/mol. The summed E-state index contributed by atoms with van der Waals surface area (Å²) in [5.74, 6) is -5.04. The Hall–Kier alpha value is -2.83. The molecule has 0 unspecified atom stereocenters. The molecule has 0 aromatic heterocycles. The standard InChI is InChI=1S/C31H53N3O52S9/c1-71-27-9(33-88(47,48)49)18(84-93(62,63)64)17(6(76-27)3-73-91(56,57)58)79-31-22(86-95(68,69)70)15(39)21(24(83-31)26(42)43)81-29-10(34-89(50,51)52)19(85-94(65,66)67)16(7(77-29)4-74-92(59,60)61)78-30-14(38)13(37)20(23(82-30)25(40)41)80-28-8(32-87(44,45)46)12(36)11(35)5(75-28)2-72-90(53,54)55/h5-24,27-39H,2-4H2,1H3,(H,40,41)(H,42,43)(H,44,45,46)(H,47,48,49)(H,50,51,52)(H,53,54,55)(H,56,57,58)(H,59,60,61)(H,62,63,64)(H,65,66,67)(H,68,69,70)/t5-,6-,7-,8-,9-,10-,11-,12-,13-,14-,15+,16-,17-,18-,19-,20+,21+,22-,23+,24-,27+,28-,29-,30-,31-/m1/s1. The van der Waals surface area contributed by atoms with E-state index in [0.717, 1.165) is 4.72 Å². The van der Waals surface area contributed by atoms with E-state index in [4.69, 9.17) is 51.9 Å². The lowest BCUT2D eigenvalue weighted by molar-refractivity contribution is -0.372. The molecular formula is C31H53N3O52S9. The fourth-order valence-electron chi connectivity index (χ4n) is 9.22. The van der Waals surface area contributed by atoms with Gasteiger partial charge in [-0.05, 0) is 0 Å². The summed E-state index contributed by atoms with van der Waals surface area (Å²) >= 11 is 0. The van der Waals surface area contributed by atoms with Gasteiger partial charge in [-0.15, -0.1) is 0 Å². The molecule has 0 aromatic rings. The molecule has 0 amide bonds. The molecule has 5 fully saturated rings. The second-order valence-electron chi connectivity index (χ2n) is 19.2. The SMILES string of the molecule is CO[C@H]1O[C@H](COS(=O)(=O)O)[C@@H](O[C@@H]2O[C@@H](C(=O)O)[C@@H](O[C@H]3O[C@H](COS(=O)(=O)O)[C@@H](O[C@@H]4O[C@H](C(=O)O)[C@@H](O[C@H]5O[C@H](COS(=O)(=O)O)[C@@H](O)[C@H](O)[C@H]5NS(=O)(=O)O)[C@H](O)[C@H]4O)[C@H](OS(=O)(=O)O)[C@H]3NS(=O)(=O)O)[C@H](O)[C@H]2OS(=O)(=O)O)[C@H](OS(=O)(=O)O)[C@H]1NS(=O)(=O)O. The quantitative estimate of drug-likeness (QED) is 0.0278. The second-order valence-corrected chi connectivity index (χ2v) is 29.2. The first-order chi connectivity index (χ1) is 42.8. The molecule has 25 atom stereocenters. The summed E-state index contributed by atoms with van der Waals surface area (Å²) in [7, 11) is -52.9. The predicted molar refractivity (Wildman–Crippen MR) is 272 cm³/mol. The van der Waals surface area contributed by atoms with E-state index in [1.165, 1.54) is 9.44 Å². The lowest BCUT2D eigenvalue weighted by atomic mass is 9.94. The van der Waals surface area contributed by atoms with Gasteiger partial charge in [0.15, 0.2) is 49.8 Å². The van der Waals surface area contributed by atoms with Gasteiger partial charge in [0.25, 0.3) is 0 Å². The van der Waals surface area contributed by atoms with E-state index in [9.17, 15) is 158 Å². The maximum atomic E-state index is 13.1. The first-order valence-electron chi connectivity index (χ1n) is 24.2. The summed E-state index contributed by atoms with van der Waals surface area (Å²) in [5, 5.41) is 76.7. The fourth-order valence-corrected chi connectivity index (χ4v) is 13.4. The van der Waals surface area contributed by atoms with E-state index in [-0.39, 0.29) is 0 Å². The van der Waals surface area contributed by atoms with E-state index < -0.39 is 278 Å². The van der Waals surface area contributed by atoms with Crippen molar-refractivity contribution in [3.63, 3.8) is 0 Å². The Kier molecular flexibility index (Phi) is 27.2. The molecule has 95 heavy (non-hydrogen) atoms. The summed E-state index contributed by atoms with van der Waals surface area (Å²) in [4.78, 5) is 25.9. The first kappa shape index (κ1) is 82.8. The van der Waals surface area contributed by atoms with Crippen LogP contribution in [0.2, 0.25) is 0 Å². The van der Waals surface area contributed by atoms with Gasteiger partial charge in [-0.1, -0.05) is 0 Å². The summed E-state index contributed by atoms with van der Waals surface area (Å²) in [6.07, 6.45) is -66.1. The molecule has 5 saturated heterocycles. The van der Waals surface area contributed by atoms with E-state index in [1.54, 1.807) is 0 Å². The Labute approximate surface area is 531 Å². The molecule has 0 aliphatic carbocycles. The predicted octanol–water partition coefficient (Wildman–Crippen LogP) is -13.9. The molecule has 0 saturated carbocycles. The van der Waals surface area contributed by atoms with Gasteiger partial charge in [-0.25, -0.2) is 34.7 Å². The Balaban J connectivity index is 1.63. The van der Waals surface area contributed by atoms with Crippen LogP contribution in [-0.4, -0.2) is 345 Å². The number of nitrogens with one attached hydrogen (secondary N) is 3. The van der Waals surface area contributed by atoms with E-state index in [0.29, 0.717) is 7.11 Å². The smallest absolute Gasteiger partial charge is 0.397 e. The number of carbonyl (C=O) groups is 2. The van der Waals surface area contributed by atoms with Gasteiger partial charge in [0.05, 0.1) is 19.8 Å². The van der Waals surface area contributed by atoms with Crippen LogP contribution in [0.15, 0.2) is 0 Å². The summed E-state index contributed by atoms with van der Waals surface area (Å²) in [6, 6.07) is -8.60. The molecule has 0 aromatic carbocycles. The average molecular weight is 1590 g/mol. The zero-order valence-electron chi connectivity index (χ0n) is 45.6. The number of hydrogen-bond donors (Lipinski definition) is 19. The lowest BCUT2D eigenvalue weighted by Gasteiger charge is -2.50. The summed E-state index contributed by atoms with van der Waals surface area (Å²) < 4.78 is 386. The zero-order valence-corrected chi connectivity index (χ0v) is 52.9. The van der Waals surface area contributed by atoms with Crippen molar-refractivity contribution in [3.8, 4) is 0 Å². The van der Waals surface area contributed by atoms with Crippen LogP contribution >= 0.6 is 0 Å². The van der Waals surface area contributed by atoms with Crippen molar-refractivity contribution in [1.29, 1.82) is 0 Å². The molecule has 5 aliphatic rings. The molecule has 5 heterocycles. The Morgan fingerprint density at radius 1 is 0.337 bits per heavy atom. The molecule has 5 rings (SSSR count). The van der Waals surface area contributed by atoms with Crippen molar-refractivity contribution in [2.45, 2.75) is 153 Å². The number of hydrogen-bond acceptors (Lipinski definition) is 41. The zero-order chi connectivity index (χ0) is 72.6. The largest absolute Gasteiger partial charge is 0.479 e. The van der Waals surface area contributed by atoms with E-state index in [2.05, 4.69) is 25.1 Å². The van der Waals surface area contributed by atoms with E-state index >= 15 is 0 Å². The lowest BCUT2D eigenvalue weighted by Crippen LogP contribution is -2.71. The molecule has 5 aliphatic heterocycles. The highest BCUT2D eigenvalue weighted by Gasteiger charge is 2.62. The number of aliphatic carboxylic acids is 2. The van der Waals surface area contributed by atoms with Gasteiger partial charge in [-0.3, -0.25) is 41.0 Å². The third-order valence-corrected chi connectivity index (χ3v) is 17.0. The molecule has 0 bridgehead atoms. The number of carboxylic acids is 2. The number of rotatable bonds is 32. The Bertz CT molecular complexity index is 3770. The Morgan fingerprint density at radius 3 is 1.03 bits per heavy atom. The first-order valence-corrected chi connectivity index (χ1v) is 36.7. The molecule has 558 valence electrons. The minimum absolute atomic E-state index is 0.608. The van der Waals surface area contributed by atoms with Gasteiger partial charge >= 0.3 is 105 Å². The minimum atomic E-state index is -6.41. The van der Waals surface area contributed by atoms with Crippen LogP contribution in [0.4, 0.5) is 0 Å². The topological polar surface area (TPSA) is 849 Å². The summed E-state index contributed by atoms with van der Waals surface area (Å²) in [6.45, 7) is -5.33. The van der Waals surface area contributed by atoms with Crippen LogP contribution in [0.5, 0.6) is 0 Å². The van der Waals surface area contributed by atoms with Crippen LogP contribution < -0.4 is 14.2 Å². The highest BCUT2D eigenvalue weighted by atomic mass is 32.3. The molecule has 19 N–H and O–H groups in total. The van der Waals surface area contributed by atoms with Gasteiger partial charge in [0.1, 0.15) is 104 Å². The highest BCUT2D eigenvalue weighted by molar-refractivity contribution is 7.84. The highest BCUT2D eigenvalue weighted by Crippen LogP contribution is 2.39. The van der Waals surface area contributed by atoms with Crippen molar-refractivity contribution in [1.82, 2.24) is 14.2 Å². The third kappa shape index (κ3) is 24.7. The van der Waals surface area contributed by atoms with Crippen LogP contribution in [0, 0.1) is 0 Å². The van der Waals surface area contributed by atoms with Crippen LogP contribution in [0.3, 0.4) is 0 Å². The van der Waals surface area contributed by atoms with Crippen molar-refractivity contribution >= 4 is 105 Å². The maximum Gasteiger partial charge on any atom is 0.397 e. The van der Waals surface area contributed by atoms with Crippen molar-refractivity contribution < 1.29 is 235 Å². The minimum Gasteiger partial charge on any atom is -0.479 e. The van der Waals surface area contributed by atoms with Crippen molar-refractivity contribution in [3.05, 3.63) is 0 Å². The molecule has 55 nitrogen and oxygen atoms in total. The molecule has 0 radical (unpaired) electrons. The third-order valence-electron chi connectivity index (χ3n) is 12.6. The van der Waals surface area contributed by atoms with Crippen molar-refractivity contribution in [2.24, 2.45) is 0 Å². The average Bonchev–Trinajstić information content (AvgIpc) is 0.764.